The molecule has 0 unspecified atom stereocenters. The summed E-state index contributed by atoms with van der Waals surface area (Å²) in [5.41, 5.74) is 8.71. The lowest BCUT2D eigenvalue weighted by molar-refractivity contribution is -0.667. The highest BCUT2D eigenvalue weighted by Crippen LogP contribution is 2.32. The fraction of sp³-hybridized carbons (Fsp3) is 0.238. The third kappa shape index (κ3) is 4.07. The highest BCUT2D eigenvalue weighted by molar-refractivity contribution is 5.95. The highest BCUT2D eigenvalue weighted by atomic mass is 79.9. The third-order valence-corrected chi connectivity index (χ3v) is 4.75. The number of carbonyl (C=O) groups is 1. The number of ether oxygens (including phenoxy) is 3. The molecule has 1 aliphatic rings. The van der Waals surface area contributed by atoms with Gasteiger partial charge in [0.05, 0.1) is 13.7 Å². The Kier molecular flexibility index (Phi) is 6.12. The van der Waals surface area contributed by atoms with Crippen LogP contribution in [0.1, 0.15) is 17.3 Å². The Bertz CT molecular complexity index is 1030. The van der Waals surface area contributed by atoms with E-state index in [2.05, 4.69) is 0 Å². The molecule has 0 amide bonds. The monoisotopic (exact) mass is 459 g/mol. The number of halogens is 1. The number of nitrogen functional groups attached to an aromatic ring is 1. The first-order valence-corrected chi connectivity index (χ1v) is 9.07. The van der Waals surface area contributed by atoms with Gasteiger partial charge in [0.15, 0.2) is 17.3 Å². The van der Waals surface area contributed by atoms with Gasteiger partial charge in [-0.1, -0.05) is 0 Å². The van der Waals surface area contributed by atoms with E-state index in [1.54, 1.807) is 22.8 Å². The minimum atomic E-state index is -0.0566. The summed E-state index contributed by atoms with van der Waals surface area (Å²) in [5.74, 6) is 2.50. The summed E-state index contributed by atoms with van der Waals surface area (Å²) in [6.07, 6.45) is 1.88. The van der Waals surface area contributed by atoms with Gasteiger partial charge < -0.3 is 31.2 Å². The topological polar surface area (TPSA) is 79.6 Å². The minimum Gasteiger partial charge on any atom is -1.00 e. The van der Waals surface area contributed by atoms with Crippen molar-refractivity contribution in [2.45, 2.75) is 13.5 Å². The largest absolute Gasteiger partial charge is 1.00 e. The number of anilines is 1. The summed E-state index contributed by atoms with van der Waals surface area (Å²) < 4.78 is 19.7. The first-order chi connectivity index (χ1) is 13.6. The second-order valence-corrected chi connectivity index (χ2v) is 6.51. The number of imidazole rings is 1. The number of aromatic nitrogens is 2. The van der Waals surface area contributed by atoms with Gasteiger partial charge in [0.25, 0.3) is 0 Å². The maximum atomic E-state index is 12.7. The minimum absolute atomic E-state index is 0. The predicted octanol–water partition coefficient (Wildman–Crippen LogP) is -0.424. The molecule has 8 heteroatoms. The van der Waals surface area contributed by atoms with Crippen LogP contribution in [-0.2, 0) is 13.6 Å². The van der Waals surface area contributed by atoms with Crippen LogP contribution in [0.3, 0.4) is 0 Å². The molecule has 29 heavy (non-hydrogen) atoms. The number of fused-ring (bicyclic) bond motifs is 1. The zero-order chi connectivity index (χ0) is 19.7. The SMILES string of the molecule is CCOc1ccc(-c2c[n+](CC(=O)c3ccc4c(c3)OCO4)c(N)n2C)cc1.[Br-]. The van der Waals surface area contributed by atoms with Crippen molar-refractivity contribution >= 4 is 11.7 Å². The average Bonchev–Trinajstić information content (AvgIpc) is 3.28. The van der Waals surface area contributed by atoms with Crippen molar-refractivity contribution in [3.63, 3.8) is 0 Å². The van der Waals surface area contributed by atoms with Gasteiger partial charge in [0.2, 0.25) is 6.79 Å². The lowest BCUT2D eigenvalue weighted by atomic mass is 10.1. The lowest BCUT2D eigenvalue weighted by Gasteiger charge is -2.03. The zero-order valence-electron chi connectivity index (χ0n) is 16.2. The van der Waals surface area contributed by atoms with Crippen molar-refractivity contribution < 1.29 is 40.6 Å². The predicted molar refractivity (Wildman–Crippen MR) is 104 cm³/mol. The second kappa shape index (κ2) is 8.57. The van der Waals surface area contributed by atoms with E-state index in [1.165, 1.54) is 0 Å². The molecule has 1 aliphatic heterocycles. The van der Waals surface area contributed by atoms with Gasteiger partial charge in [-0.2, -0.15) is 0 Å². The van der Waals surface area contributed by atoms with Gasteiger partial charge in [-0.05, 0) is 49.4 Å². The maximum Gasteiger partial charge on any atom is 0.355 e. The zero-order valence-corrected chi connectivity index (χ0v) is 17.8. The van der Waals surface area contributed by atoms with Crippen LogP contribution >= 0.6 is 0 Å². The van der Waals surface area contributed by atoms with Crippen molar-refractivity contribution in [3.05, 3.63) is 54.2 Å². The van der Waals surface area contributed by atoms with Gasteiger partial charge in [-0.3, -0.25) is 10.5 Å². The second-order valence-electron chi connectivity index (χ2n) is 6.51. The number of hydrogen-bond donors (Lipinski definition) is 1. The van der Waals surface area contributed by atoms with Gasteiger partial charge in [0, 0.05) is 11.1 Å². The fourth-order valence-corrected chi connectivity index (χ4v) is 3.22. The van der Waals surface area contributed by atoms with Gasteiger partial charge in [0.1, 0.15) is 24.2 Å². The molecular formula is C21H22BrN3O4. The van der Waals surface area contributed by atoms with E-state index in [-0.39, 0.29) is 36.1 Å². The maximum absolute atomic E-state index is 12.7. The molecule has 0 bridgehead atoms. The molecule has 0 aliphatic carbocycles. The molecule has 0 saturated carbocycles. The number of nitrogens with two attached hydrogens (primary N) is 1. The van der Waals surface area contributed by atoms with Crippen LogP contribution in [0.25, 0.3) is 11.3 Å². The number of ketones is 1. The summed E-state index contributed by atoms with van der Waals surface area (Å²) in [7, 11) is 1.88. The lowest BCUT2D eigenvalue weighted by Crippen LogP contribution is -3.00. The highest BCUT2D eigenvalue weighted by Gasteiger charge is 2.22. The standard InChI is InChI=1S/C21H21N3O4.BrH/c1-3-26-16-7-4-14(5-8-16)17-11-24(21(22)23(17)2)12-18(25)15-6-9-19-20(10-15)28-13-27-19;/h4-11,22H,3,12-13H2,1-2H3;1H. The first kappa shape index (κ1) is 20.7. The number of Topliss-reactive ketones (excluding diaryl/α,β-unsaturated/α-hetero) is 1. The number of carbonyl (C=O) groups excluding carboxylic acids is 1. The summed E-state index contributed by atoms with van der Waals surface area (Å²) >= 11 is 0. The van der Waals surface area contributed by atoms with Crippen molar-refractivity contribution in [1.29, 1.82) is 0 Å². The van der Waals surface area contributed by atoms with Gasteiger partial charge in [-0.15, -0.1) is 0 Å². The molecule has 0 atom stereocenters. The Morgan fingerprint density at radius 2 is 1.90 bits per heavy atom. The first-order valence-electron chi connectivity index (χ1n) is 9.07. The molecule has 0 fully saturated rings. The molecule has 0 spiro atoms. The Labute approximate surface area is 179 Å². The van der Waals surface area contributed by atoms with E-state index < -0.39 is 0 Å². The normalized spacial score (nSPS) is 11.8. The van der Waals surface area contributed by atoms with Crippen molar-refractivity contribution in [2.24, 2.45) is 7.05 Å². The molecule has 2 heterocycles. The Morgan fingerprint density at radius 1 is 1.17 bits per heavy atom. The fourth-order valence-electron chi connectivity index (χ4n) is 3.22. The van der Waals surface area contributed by atoms with Crippen LogP contribution in [0.2, 0.25) is 0 Å². The van der Waals surface area contributed by atoms with E-state index in [0.29, 0.717) is 29.6 Å². The Hall–Kier alpha value is -3.00. The molecule has 2 aromatic carbocycles. The smallest absolute Gasteiger partial charge is 0.355 e. The summed E-state index contributed by atoms with van der Waals surface area (Å²) in [6.45, 7) is 2.89. The van der Waals surface area contributed by atoms with Gasteiger partial charge >= 0.3 is 5.95 Å². The van der Waals surface area contributed by atoms with Crippen LogP contribution in [0.5, 0.6) is 17.2 Å². The van der Waals surface area contributed by atoms with E-state index in [1.807, 2.05) is 49.0 Å². The van der Waals surface area contributed by atoms with E-state index >= 15 is 0 Å². The number of nitrogens with zero attached hydrogens (tertiary/aromatic N) is 2. The van der Waals surface area contributed by atoms with Gasteiger partial charge in [-0.25, -0.2) is 9.13 Å². The molecule has 7 nitrogen and oxygen atoms in total. The molecule has 2 N–H and O–H groups in total. The Balaban J connectivity index is 0.00000240. The van der Waals surface area contributed by atoms with Crippen LogP contribution in [0, 0.1) is 0 Å². The molecule has 1 aromatic heterocycles. The summed E-state index contributed by atoms with van der Waals surface area (Å²) in [4.78, 5) is 12.7. The van der Waals surface area contributed by atoms with Crippen LogP contribution in [-0.4, -0.2) is 23.8 Å². The summed E-state index contributed by atoms with van der Waals surface area (Å²) in [6, 6.07) is 13.0. The molecular weight excluding hydrogens is 438 g/mol. The van der Waals surface area contributed by atoms with Crippen molar-refractivity contribution in [3.8, 4) is 28.5 Å². The number of rotatable bonds is 6. The van der Waals surface area contributed by atoms with E-state index in [4.69, 9.17) is 19.9 Å². The quantitative estimate of drug-likeness (QED) is 0.399. The molecule has 152 valence electrons. The van der Waals surface area contributed by atoms with E-state index in [0.717, 1.165) is 17.0 Å². The number of hydrogen-bond acceptors (Lipinski definition) is 5. The molecule has 0 saturated heterocycles. The third-order valence-electron chi connectivity index (χ3n) is 4.75. The molecule has 3 aromatic rings. The van der Waals surface area contributed by atoms with Crippen molar-refractivity contribution in [1.82, 2.24) is 4.57 Å². The van der Waals surface area contributed by atoms with Crippen LogP contribution in [0.4, 0.5) is 5.95 Å². The molecule has 4 rings (SSSR count). The average molecular weight is 460 g/mol. The molecule has 0 radical (unpaired) electrons. The Morgan fingerprint density at radius 3 is 2.62 bits per heavy atom. The number of benzene rings is 2. The van der Waals surface area contributed by atoms with Crippen LogP contribution in [0.15, 0.2) is 48.7 Å². The van der Waals surface area contributed by atoms with Crippen LogP contribution < -0.4 is 41.5 Å². The van der Waals surface area contributed by atoms with Crippen molar-refractivity contribution in [2.75, 3.05) is 19.1 Å². The van der Waals surface area contributed by atoms with E-state index in [9.17, 15) is 4.79 Å². The summed E-state index contributed by atoms with van der Waals surface area (Å²) in [5, 5.41) is 0.